The van der Waals surface area contributed by atoms with Crippen molar-refractivity contribution in [3.63, 3.8) is 0 Å². The third kappa shape index (κ3) is 4.13. The average Bonchev–Trinajstić information content (AvgIpc) is 2.64. The third-order valence-corrected chi connectivity index (χ3v) is 4.86. The molecule has 0 aromatic heterocycles. The minimum atomic E-state index is -0.945. The molecule has 0 fully saturated rings. The molecule has 1 atom stereocenters. The predicted octanol–water partition coefficient (Wildman–Crippen LogP) is 3.31. The summed E-state index contributed by atoms with van der Waals surface area (Å²) < 4.78 is 0. The second-order valence-electron chi connectivity index (χ2n) is 7.11. The van der Waals surface area contributed by atoms with Gasteiger partial charge in [-0.1, -0.05) is 13.0 Å². The molecule has 0 amide bonds. The molecule has 1 aliphatic carbocycles. The molecule has 28 heavy (non-hydrogen) atoms. The first-order chi connectivity index (χ1) is 13.2. The maximum absolute atomic E-state index is 11.0. The first-order valence-corrected chi connectivity index (χ1v) is 9.07. The van der Waals surface area contributed by atoms with Crippen LogP contribution in [0.3, 0.4) is 0 Å². The standard InChI is InChI=1S/C22H24N4O2/c1-12-9-19(14(3)8-17(12)23)26-20-10-13(2)18(24)11-21(20)25-16-6-4-15(5-7-16)22(27)28/h4-11,14,25H,23-24H2,1-3H3,(H,27,28)/p+1. The molecule has 0 spiro atoms. The highest BCUT2D eigenvalue weighted by Crippen LogP contribution is 2.30. The van der Waals surface area contributed by atoms with Gasteiger partial charge in [-0.05, 0) is 49.3 Å². The Bertz CT molecular complexity index is 1020. The number of benzene rings is 2. The fraction of sp³-hybridized carbons (Fsp3) is 0.182. The molecule has 6 heteroatoms. The summed E-state index contributed by atoms with van der Waals surface area (Å²) in [5.41, 5.74) is 19.3. The SMILES string of the molecule is CC1=CC(=Nc2cc(C)c(N)cc2[NH2+]c2ccc(C(=O)O)cc2)C(C)C=C1N. The molecule has 3 rings (SSSR count). The summed E-state index contributed by atoms with van der Waals surface area (Å²) in [5, 5.41) is 11.0. The van der Waals surface area contributed by atoms with Gasteiger partial charge < -0.3 is 16.6 Å². The number of anilines is 1. The molecule has 1 unspecified atom stereocenters. The number of carboxylic acids is 1. The largest absolute Gasteiger partial charge is 0.478 e. The Morgan fingerprint density at radius 2 is 1.82 bits per heavy atom. The van der Waals surface area contributed by atoms with Crippen LogP contribution in [0.2, 0.25) is 0 Å². The number of quaternary nitrogens is 1. The molecule has 0 bridgehead atoms. The molecule has 2 aromatic rings. The fourth-order valence-corrected chi connectivity index (χ4v) is 3.04. The predicted molar refractivity (Wildman–Crippen MR) is 113 cm³/mol. The maximum Gasteiger partial charge on any atom is 0.335 e. The minimum Gasteiger partial charge on any atom is -0.478 e. The van der Waals surface area contributed by atoms with Crippen LogP contribution in [-0.4, -0.2) is 16.8 Å². The van der Waals surface area contributed by atoms with Crippen molar-refractivity contribution < 1.29 is 15.2 Å². The minimum absolute atomic E-state index is 0.115. The number of rotatable bonds is 4. The summed E-state index contributed by atoms with van der Waals surface area (Å²) in [7, 11) is 0. The molecule has 0 saturated heterocycles. The summed E-state index contributed by atoms with van der Waals surface area (Å²) in [6, 6.07) is 10.6. The maximum atomic E-state index is 11.0. The van der Waals surface area contributed by atoms with Crippen molar-refractivity contribution in [1.29, 1.82) is 0 Å². The molecule has 0 saturated carbocycles. The van der Waals surface area contributed by atoms with Crippen LogP contribution in [0.25, 0.3) is 0 Å². The Kier molecular flexibility index (Phi) is 5.33. The normalized spacial score (nSPS) is 18.0. The van der Waals surface area contributed by atoms with Crippen LogP contribution in [0.1, 0.15) is 29.8 Å². The quantitative estimate of drug-likeness (QED) is 0.611. The summed E-state index contributed by atoms with van der Waals surface area (Å²) >= 11 is 0. The Hall–Kier alpha value is -3.38. The number of hydrogen-bond acceptors (Lipinski definition) is 4. The molecule has 0 radical (unpaired) electrons. The van der Waals surface area contributed by atoms with Gasteiger partial charge in [-0.2, -0.15) is 0 Å². The van der Waals surface area contributed by atoms with Crippen molar-refractivity contribution >= 4 is 34.4 Å². The van der Waals surface area contributed by atoms with Gasteiger partial charge in [0.15, 0.2) is 5.69 Å². The van der Waals surface area contributed by atoms with Gasteiger partial charge in [-0.25, -0.2) is 9.79 Å². The highest BCUT2D eigenvalue weighted by atomic mass is 16.4. The number of allylic oxidation sites excluding steroid dienone is 3. The van der Waals surface area contributed by atoms with E-state index >= 15 is 0 Å². The lowest BCUT2D eigenvalue weighted by Crippen LogP contribution is -2.71. The van der Waals surface area contributed by atoms with Gasteiger partial charge in [-0.3, -0.25) is 5.32 Å². The van der Waals surface area contributed by atoms with E-state index in [-0.39, 0.29) is 11.5 Å². The van der Waals surface area contributed by atoms with Gasteiger partial charge in [0.1, 0.15) is 11.4 Å². The Morgan fingerprint density at radius 3 is 2.46 bits per heavy atom. The molecule has 0 aliphatic heterocycles. The van der Waals surface area contributed by atoms with E-state index < -0.39 is 5.97 Å². The average molecular weight is 377 g/mol. The Balaban J connectivity index is 1.99. The summed E-state index contributed by atoms with van der Waals surface area (Å²) in [4.78, 5) is 15.9. The van der Waals surface area contributed by atoms with Gasteiger partial charge >= 0.3 is 5.97 Å². The van der Waals surface area contributed by atoms with Gasteiger partial charge in [0.2, 0.25) is 0 Å². The van der Waals surface area contributed by atoms with Gasteiger partial charge in [0.05, 0.1) is 5.56 Å². The van der Waals surface area contributed by atoms with E-state index in [0.717, 1.165) is 39.6 Å². The second-order valence-corrected chi connectivity index (χ2v) is 7.11. The number of aliphatic imine (C=N–C) groups is 1. The molecule has 2 aromatic carbocycles. The zero-order valence-electron chi connectivity index (χ0n) is 16.2. The third-order valence-electron chi connectivity index (χ3n) is 4.86. The highest BCUT2D eigenvalue weighted by Gasteiger charge is 2.17. The molecule has 1 aliphatic rings. The van der Waals surface area contributed by atoms with Crippen LogP contribution in [0.5, 0.6) is 0 Å². The van der Waals surface area contributed by atoms with Crippen molar-refractivity contribution in [3.8, 4) is 0 Å². The summed E-state index contributed by atoms with van der Waals surface area (Å²) in [5.74, 6) is -0.830. The first kappa shape index (κ1) is 19.4. The lowest BCUT2D eigenvalue weighted by molar-refractivity contribution is -0.477. The number of aromatic carboxylic acids is 1. The molecular weight excluding hydrogens is 352 g/mol. The number of nitrogens with two attached hydrogens (primary N) is 3. The molecule has 7 N–H and O–H groups in total. The van der Waals surface area contributed by atoms with Crippen LogP contribution >= 0.6 is 0 Å². The fourth-order valence-electron chi connectivity index (χ4n) is 3.04. The number of carbonyl (C=O) groups is 1. The van der Waals surface area contributed by atoms with Crippen LogP contribution in [0.4, 0.5) is 22.7 Å². The highest BCUT2D eigenvalue weighted by molar-refractivity contribution is 6.02. The van der Waals surface area contributed by atoms with Gasteiger partial charge in [0, 0.05) is 41.2 Å². The van der Waals surface area contributed by atoms with E-state index in [2.05, 4.69) is 6.92 Å². The molecule has 144 valence electrons. The number of hydrogen-bond donors (Lipinski definition) is 4. The second kappa shape index (κ2) is 7.70. The first-order valence-electron chi connectivity index (χ1n) is 9.07. The van der Waals surface area contributed by atoms with Crippen molar-refractivity contribution in [1.82, 2.24) is 0 Å². The number of nitrogen functional groups attached to an aromatic ring is 1. The van der Waals surface area contributed by atoms with Crippen molar-refractivity contribution in [2.75, 3.05) is 5.73 Å². The van der Waals surface area contributed by atoms with Gasteiger partial charge in [-0.15, -0.1) is 0 Å². The van der Waals surface area contributed by atoms with E-state index in [1.165, 1.54) is 0 Å². The van der Waals surface area contributed by atoms with E-state index in [4.69, 9.17) is 21.6 Å². The lowest BCUT2D eigenvalue weighted by Gasteiger charge is -2.17. The number of carboxylic acid groups (broad SMARTS) is 1. The zero-order valence-corrected chi connectivity index (χ0v) is 16.2. The molecular formula is C22H25N4O2+. The van der Waals surface area contributed by atoms with Gasteiger partial charge in [0.25, 0.3) is 0 Å². The Labute approximate surface area is 164 Å². The summed E-state index contributed by atoms with van der Waals surface area (Å²) in [6.45, 7) is 5.99. The Morgan fingerprint density at radius 1 is 1.14 bits per heavy atom. The number of nitrogens with zero attached hydrogens (tertiary/aromatic N) is 1. The van der Waals surface area contributed by atoms with Crippen LogP contribution in [0.15, 0.2) is 64.8 Å². The van der Waals surface area contributed by atoms with Crippen molar-refractivity contribution in [2.24, 2.45) is 16.6 Å². The van der Waals surface area contributed by atoms with Crippen LogP contribution in [0, 0.1) is 12.8 Å². The molecule has 0 heterocycles. The number of aryl methyl sites for hydroxylation is 1. The van der Waals surface area contributed by atoms with Crippen molar-refractivity contribution in [2.45, 2.75) is 20.8 Å². The van der Waals surface area contributed by atoms with E-state index in [1.807, 2.05) is 43.4 Å². The lowest BCUT2D eigenvalue weighted by atomic mass is 9.94. The topological polar surface area (TPSA) is 118 Å². The van der Waals surface area contributed by atoms with E-state index in [0.29, 0.717) is 5.69 Å². The van der Waals surface area contributed by atoms with E-state index in [1.54, 1.807) is 24.3 Å². The van der Waals surface area contributed by atoms with Crippen LogP contribution < -0.4 is 16.8 Å². The monoisotopic (exact) mass is 377 g/mol. The zero-order chi connectivity index (χ0) is 20.4. The molecule has 6 nitrogen and oxygen atoms in total. The smallest absolute Gasteiger partial charge is 0.335 e. The van der Waals surface area contributed by atoms with Crippen LogP contribution in [-0.2, 0) is 0 Å². The van der Waals surface area contributed by atoms with E-state index in [9.17, 15) is 4.79 Å². The van der Waals surface area contributed by atoms with Crippen molar-refractivity contribution in [3.05, 3.63) is 70.9 Å². The summed E-state index contributed by atoms with van der Waals surface area (Å²) in [6.07, 6.45) is 4.02.